The molecule has 0 aliphatic carbocycles. The second kappa shape index (κ2) is 9.21. The molecule has 0 unspecified atom stereocenters. The second-order valence-electron chi connectivity index (χ2n) is 8.84. The molecule has 2 saturated heterocycles. The summed E-state index contributed by atoms with van der Waals surface area (Å²) >= 11 is 2.88. The molecule has 3 aromatic rings. The number of amides is 2. The van der Waals surface area contributed by atoms with Crippen LogP contribution in [0.1, 0.15) is 24.0 Å². The number of rotatable bonds is 7. The van der Waals surface area contributed by atoms with Crippen molar-refractivity contribution >= 4 is 60.0 Å². The molecule has 3 atom stereocenters. The van der Waals surface area contributed by atoms with Crippen molar-refractivity contribution in [2.24, 2.45) is 5.92 Å². The zero-order chi connectivity index (χ0) is 24.9. The number of carbonyl (C=O) groups is 2. The molecule has 13 heteroatoms. The third-order valence-electron chi connectivity index (χ3n) is 6.49. The molecule has 0 saturated carbocycles. The van der Waals surface area contributed by atoms with Crippen LogP contribution in [0.4, 0.5) is 5.13 Å². The van der Waals surface area contributed by atoms with E-state index in [4.69, 9.17) is 0 Å². The van der Waals surface area contributed by atoms with Gasteiger partial charge in [-0.15, -0.1) is 11.3 Å². The van der Waals surface area contributed by atoms with Gasteiger partial charge in [0.15, 0.2) is 5.13 Å². The number of carbonyl (C=O) groups excluding carboxylic acids is 2. The molecule has 10 nitrogen and oxygen atoms in total. The van der Waals surface area contributed by atoms with Crippen LogP contribution in [0.3, 0.4) is 0 Å². The van der Waals surface area contributed by atoms with Crippen molar-refractivity contribution in [2.75, 3.05) is 25.0 Å². The molecule has 1 aromatic carbocycles. The van der Waals surface area contributed by atoms with E-state index in [0.29, 0.717) is 11.6 Å². The first kappa shape index (κ1) is 24.3. The fraction of sp³-hybridized carbons (Fsp3) is 0.455. The second-order valence-corrected chi connectivity index (χ2v) is 12.8. The van der Waals surface area contributed by atoms with Gasteiger partial charge in [0.05, 0.1) is 41.3 Å². The SMILES string of the molecule is Cc1csc(CNC(=O)CN(C)S(=O)(=O)N2CC[C@H]3[C@H]2[C@H](C)C(=O)N3c2nc3ccccc3s2)n1. The predicted molar refractivity (Wildman–Crippen MR) is 135 cm³/mol. The van der Waals surface area contributed by atoms with Crippen LogP contribution in [0, 0.1) is 12.8 Å². The molecule has 2 amide bonds. The van der Waals surface area contributed by atoms with Crippen molar-refractivity contribution in [3.8, 4) is 0 Å². The molecule has 1 N–H and O–H groups in total. The summed E-state index contributed by atoms with van der Waals surface area (Å²) in [4.78, 5) is 36.3. The first-order valence-electron chi connectivity index (χ1n) is 11.3. The van der Waals surface area contributed by atoms with E-state index in [1.54, 1.807) is 11.8 Å². The molecule has 2 aromatic heterocycles. The Morgan fingerprint density at radius 3 is 2.77 bits per heavy atom. The van der Waals surface area contributed by atoms with Gasteiger partial charge in [0, 0.05) is 24.7 Å². The molecule has 0 spiro atoms. The number of nitrogens with one attached hydrogen (secondary N) is 1. The molecular weight excluding hydrogens is 508 g/mol. The van der Waals surface area contributed by atoms with Crippen molar-refractivity contribution in [1.29, 1.82) is 0 Å². The monoisotopic (exact) mass is 534 g/mol. The van der Waals surface area contributed by atoms with Crippen molar-refractivity contribution in [2.45, 2.75) is 38.9 Å². The zero-order valence-electron chi connectivity index (χ0n) is 19.5. The zero-order valence-corrected chi connectivity index (χ0v) is 22.0. The number of thiazole rings is 2. The fourth-order valence-corrected chi connectivity index (χ4v) is 8.16. The Morgan fingerprint density at radius 1 is 1.29 bits per heavy atom. The quantitative estimate of drug-likeness (QED) is 0.496. The maximum Gasteiger partial charge on any atom is 0.282 e. The maximum atomic E-state index is 13.4. The minimum Gasteiger partial charge on any atom is -0.348 e. The summed E-state index contributed by atoms with van der Waals surface area (Å²) in [5.41, 5.74) is 1.69. The highest BCUT2D eigenvalue weighted by atomic mass is 32.2. The van der Waals surface area contributed by atoms with Crippen LogP contribution < -0.4 is 10.2 Å². The van der Waals surface area contributed by atoms with E-state index in [9.17, 15) is 18.0 Å². The molecule has 35 heavy (non-hydrogen) atoms. The van der Waals surface area contributed by atoms with Crippen LogP contribution in [0.25, 0.3) is 10.2 Å². The number of hydrogen-bond acceptors (Lipinski definition) is 8. The Bertz CT molecular complexity index is 1350. The van der Waals surface area contributed by atoms with E-state index in [0.717, 1.165) is 25.2 Å². The Kier molecular flexibility index (Phi) is 6.38. The number of anilines is 1. The summed E-state index contributed by atoms with van der Waals surface area (Å²) in [7, 11) is -2.57. The summed E-state index contributed by atoms with van der Waals surface area (Å²) in [6.45, 7) is 3.86. The van der Waals surface area contributed by atoms with E-state index < -0.39 is 28.1 Å². The Morgan fingerprint density at radius 2 is 2.06 bits per heavy atom. The minimum atomic E-state index is -3.96. The molecule has 4 heterocycles. The summed E-state index contributed by atoms with van der Waals surface area (Å²) in [5.74, 6) is -1.05. The number of aryl methyl sites for hydroxylation is 1. The van der Waals surface area contributed by atoms with Crippen molar-refractivity contribution < 1.29 is 18.0 Å². The molecule has 2 aliphatic rings. The fourth-order valence-electron chi connectivity index (χ4n) is 4.81. The Labute approximate surface area is 211 Å². The number of benzene rings is 1. The van der Waals surface area contributed by atoms with Crippen LogP contribution in [0.15, 0.2) is 29.6 Å². The van der Waals surface area contributed by atoms with Crippen molar-refractivity contribution in [1.82, 2.24) is 23.9 Å². The highest BCUT2D eigenvalue weighted by Gasteiger charge is 2.56. The van der Waals surface area contributed by atoms with Gasteiger partial charge in [-0.25, -0.2) is 9.97 Å². The number of likely N-dealkylation sites (N-methyl/N-ethyl adjacent to an activating group) is 1. The number of para-hydroxylation sites is 1. The summed E-state index contributed by atoms with van der Waals surface area (Å²) in [6.07, 6.45) is 0.513. The smallest absolute Gasteiger partial charge is 0.282 e. The van der Waals surface area contributed by atoms with E-state index in [-0.39, 0.29) is 31.6 Å². The van der Waals surface area contributed by atoms with Crippen LogP contribution in [-0.4, -0.2) is 71.0 Å². The van der Waals surface area contributed by atoms with Crippen LogP contribution >= 0.6 is 22.7 Å². The molecule has 5 rings (SSSR count). The van der Waals surface area contributed by atoms with Crippen LogP contribution in [0.5, 0.6) is 0 Å². The third-order valence-corrected chi connectivity index (χ3v) is 10.4. The van der Waals surface area contributed by atoms with Gasteiger partial charge in [0.25, 0.3) is 10.2 Å². The van der Waals surface area contributed by atoms with Gasteiger partial charge in [0.2, 0.25) is 11.8 Å². The first-order valence-corrected chi connectivity index (χ1v) is 14.4. The molecule has 2 fully saturated rings. The molecule has 2 aliphatic heterocycles. The molecule has 0 bridgehead atoms. The first-order chi connectivity index (χ1) is 16.7. The average Bonchev–Trinajstić information content (AvgIpc) is 3.58. The predicted octanol–water partition coefficient (Wildman–Crippen LogP) is 1.98. The average molecular weight is 535 g/mol. The summed E-state index contributed by atoms with van der Waals surface area (Å²) in [6, 6.07) is 6.88. The van der Waals surface area contributed by atoms with Gasteiger partial charge < -0.3 is 5.32 Å². The molecular formula is C22H26N6O4S3. The highest BCUT2D eigenvalue weighted by molar-refractivity contribution is 7.86. The van der Waals surface area contributed by atoms with E-state index in [1.165, 1.54) is 34.0 Å². The highest BCUT2D eigenvalue weighted by Crippen LogP contribution is 2.42. The number of nitrogens with zero attached hydrogens (tertiary/aromatic N) is 5. The van der Waals surface area contributed by atoms with Gasteiger partial charge >= 0.3 is 0 Å². The molecule has 186 valence electrons. The van der Waals surface area contributed by atoms with E-state index in [1.807, 2.05) is 36.6 Å². The van der Waals surface area contributed by atoms with Crippen molar-refractivity contribution in [3.05, 3.63) is 40.3 Å². The van der Waals surface area contributed by atoms with E-state index in [2.05, 4.69) is 15.3 Å². The van der Waals surface area contributed by atoms with Gasteiger partial charge in [-0.05, 0) is 25.5 Å². The largest absolute Gasteiger partial charge is 0.348 e. The van der Waals surface area contributed by atoms with Crippen molar-refractivity contribution in [3.63, 3.8) is 0 Å². The Balaban J connectivity index is 1.30. The summed E-state index contributed by atoms with van der Waals surface area (Å²) < 4.78 is 30.3. The van der Waals surface area contributed by atoms with E-state index >= 15 is 0 Å². The lowest BCUT2D eigenvalue weighted by Gasteiger charge is -2.29. The topological polar surface area (TPSA) is 116 Å². The maximum absolute atomic E-state index is 13.4. The lowest BCUT2D eigenvalue weighted by molar-refractivity contribution is -0.122. The van der Waals surface area contributed by atoms with Gasteiger partial charge in [0.1, 0.15) is 5.01 Å². The lowest BCUT2D eigenvalue weighted by atomic mass is 10.0. The minimum absolute atomic E-state index is 0.127. The molecule has 0 radical (unpaired) electrons. The number of fused-ring (bicyclic) bond motifs is 2. The van der Waals surface area contributed by atoms with Gasteiger partial charge in [-0.1, -0.05) is 30.4 Å². The summed E-state index contributed by atoms with van der Waals surface area (Å²) in [5, 5.41) is 5.98. The van der Waals surface area contributed by atoms with Crippen LogP contribution in [-0.2, 0) is 26.3 Å². The number of aromatic nitrogens is 2. The van der Waals surface area contributed by atoms with Crippen LogP contribution in [0.2, 0.25) is 0 Å². The van der Waals surface area contributed by atoms with Gasteiger partial charge in [-0.3, -0.25) is 14.5 Å². The lowest BCUT2D eigenvalue weighted by Crippen LogP contribution is -2.50. The number of hydrogen-bond donors (Lipinski definition) is 1. The normalized spacial score (nSPS) is 22.9. The Hall–Kier alpha value is -2.45. The third kappa shape index (κ3) is 4.35. The standard InChI is InChI=1S/C22H26N6O4S3/c1-13-12-33-19(24-13)10-23-18(29)11-26(3)35(31,32)27-9-8-16-20(27)14(2)21(30)28(16)22-25-15-6-4-5-7-17(15)34-22/h4-7,12,14,16,20H,8-11H2,1-3H3,(H,23,29)/t14-,16-,20+/m0/s1. The van der Waals surface area contributed by atoms with Gasteiger partial charge in [-0.2, -0.15) is 17.0 Å².